The minimum atomic E-state index is -0.360. The number of rotatable bonds is 4. The third-order valence-corrected chi connectivity index (χ3v) is 5.79. The zero-order valence-corrected chi connectivity index (χ0v) is 18.1. The molecule has 1 aliphatic rings. The molecule has 1 atom stereocenters. The van der Waals surface area contributed by atoms with Crippen LogP contribution in [0.3, 0.4) is 0 Å². The highest BCUT2D eigenvalue weighted by Gasteiger charge is 2.27. The van der Waals surface area contributed by atoms with Crippen molar-refractivity contribution in [1.29, 1.82) is 0 Å². The Bertz CT molecular complexity index is 1110. The Balaban J connectivity index is 1.70. The molecule has 1 heterocycles. The van der Waals surface area contributed by atoms with Gasteiger partial charge < -0.3 is 15.0 Å². The maximum Gasteiger partial charge on any atom is 0.337 e. The summed E-state index contributed by atoms with van der Waals surface area (Å²) in [6.45, 7) is 2.25. The number of nitrogens with zero attached hydrogens (tertiary/aromatic N) is 1. The summed E-state index contributed by atoms with van der Waals surface area (Å²) in [5.41, 5.74) is 5.47. The van der Waals surface area contributed by atoms with Gasteiger partial charge in [-0.3, -0.25) is 4.79 Å². The number of amides is 1. The fourth-order valence-corrected chi connectivity index (χ4v) is 4.06. The number of hydrogen-bond donors (Lipinski definition) is 1. The number of carbonyl (C=O) groups is 2. The van der Waals surface area contributed by atoms with E-state index in [1.165, 1.54) is 7.11 Å². The molecular formula is C25H23ClN2O3. The van der Waals surface area contributed by atoms with Crippen molar-refractivity contribution in [3.05, 3.63) is 82.9 Å². The van der Waals surface area contributed by atoms with Gasteiger partial charge in [0.2, 0.25) is 5.91 Å². The minimum absolute atomic E-state index is 0.0290. The van der Waals surface area contributed by atoms with Gasteiger partial charge in [-0.1, -0.05) is 29.8 Å². The molecule has 0 unspecified atom stereocenters. The Labute approximate surface area is 186 Å². The van der Waals surface area contributed by atoms with Crippen molar-refractivity contribution < 1.29 is 14.3 Å². The number of ether oxygens (including phenoxy) is 1. The zero-order chi connectivity index (χ0) is 22.0. The molecule has 0 aromatic heterocycles. The summed E-state index contributed by atoms with van der Waals surface area (Å²) >= 11 is 6.02. The van der Waals surface area contributed by atoms with E-state index in [2.05, 4.69) is 11.4 Å². The average molecular weight is 435 g/mol. The van der Waals surface area contributed by atoms with E-state index in [4.69, 9.17) is 16.3 Å². The topological polar surface area (TPSA) is 58.6 Å². The van der Waals surface area contributed by atoms with Crippen molar-refractivity contribution in [1.82, 2.24) is 0 Å². The molecule has 6 heteroatoms. The molecule has 0 saturated heterocycles. The van der Waals surface area contributed by atoms with Gasteiger partial charge in [0, 0.05) is 29.9 Å². The predicted molar refractivity (Wildman–Crippen MR) is 124 cm³/mol. The first-order chi connectivity index (χ1) is 15.0. The molecule has 1 aliphatic heterocycles. The van der Waals surface area contributed by atoms with Crippen molar-refractivity contribution in [2.45, 2.75) is 19.4 Å². The van der Waals surface area contributed by atoms with Gasteiger partial charge >= 0.3 is 5.97 Å². The fraction of sp³-hybridized carbons (Fsp3) is 0.200. The molecule has 0 saturated carbocycles. The Kier molecular flexibility index (Phi) is 5.96. The molecule has 0 bridgehead atoms. The molecule has 5 nitrogen and oxygen atoms in total. The summed E-state index contributed by atoms with van der Waals surface area (Å²) in [5, 5.41) is 4.27. The van der Waals surface area contributed by atoms with Crippen LogP contribution in [0.5, 0.6) is 0 Å². The number of anilines is 2. The van der Waals surface area contributed by atoms with Crippen molar-refractivity contribution >= 4 is 34.9 Å². The highest BCUT2D eigenvalue weighted by atomic mass is 35.5. The summed E-state index contributed by atoms with van der Waals surface area (Å²) < 4.78 is 4.78. The average Bonchev–Trinajstić information content (AvgIpc) is 2.79. The number of benzene rings is 3. The van der Waals surface area contributed by atoms with Gasteiger partial charge in [0.1, 0.15) is 0 Å². The van der Waals surface area contributed by atoms with Crippen molar-refractivity contribution in [2.24, 2.45) is 0 Å². The number of carbonyl (C=O) groups excluding carboxylic acids is 2. The maximum atomic E-state index is 12.2. The van der Waals surface area contributed by atoms with Crippen molar-refractivity contribution in [3.63, 3.8) is 0 Å². The summed E-state index contributed by atoms with van der Waals surface area (Å²) in [6, 6.07) is 21.1. The summed E-state index contributed by atoms with van der Waals surface area (Å²) in [7, 11) is 1.37. The molecule has 0 radical (unpaired) electrons. The molecule has 31 heavy (non-hydrogen) atoms. The third-order valence-electron chi connectivity index (χ3n) is 5.54. The zero-order valence-electron chi connectivity index (χ0n) is 17.4. The van der Waals surface area contributed by atoms with Crippen LogP contribution in [-0.4, -0.2) is 25.5 Å². The molecule has 3 aromatic carbocycles. The fourth-order valence-electron chi connectivity index (χ4n) is 3.93. The van der Waals surface area contributed by atoms with Gasteiger partial charge in [-0.15, -0.1) is 0 Å². The van der Waals surface area contributed by atoms with Crippen LogP contribution in [0.15, 0.2) is 66.7 Å². The standard InChI is InChI=1S/C25H23ClN2O3/c1-16(29)28-14-13-23(27-21-10-8-20(26)9-11-21)22-15-19(7-12-24(22)28)17-3-5-18(6-4-17)25(30)31-2/h3-12,15,23,27H,13-14H2,1-2H3/t23-/m1/s1. The highest BCUT2D eigenvalue weighted by Crippen LogP contribution is 2.38. The normalized spacial score (nSPS) is 15.2. The van der Waals surface area contributed by atoms with Gasteiger partial charge in [-0.05, 0) is 71.6 Å². The SMILES string of the molecule is COC(=O)c1ccc(-c2ccc3c(c2)[C@H](Nc2ccc(Cl)cc2)CCN3C(C)=O)cc1. The van der Waals surface area contributed by atoms with E-state index in [0.717, 1.165) is 34.5 Å². The van der Waals surface area contributed by atoms with E-state index in [9.17, 15) is 9.59 Å². The van der Waals surface area contributed by atoms with Crippen molar-refractivity contribution in [3.8, 4) is 11.1 Å². The molecule has 3 aromatic rings. The van der Waals surface area contributed by atoms with E-state index in [-0.39, 0.29) is 17.9 Å². The van der Waals surface area contributed by atoms with Crippen LogP contribution in [0, 0.1) is 0 Å². The summed E-state index contributed by atoms with van der Waals surface area (Å²) in [4.78, 5) is 25.7. The highest BCUT2D eigenvalue weighted by molar-refractivity contribution is 6.30. The van der Waals surface area contributed by atoms with Crippen LogP contribution in [0.25, 0.3) is 11.1 Å². The van der Waals surface area contributed by atoms with Crippen LogP contribution in [0.2, 0.25) is 5.02 Å². The van der Waals surface area contributed by atoms with Gasteiger partial charge in [-0.25, -0.2) is 4.79 Å². The van der Waals surface area contributed by atoms with Gasteiger partial charge in [0.05, 0.1) is 18.7 Å². The van der Waals surface area contributed by atoms with Crippen LogP contribution >= 0.6 is 11.6 Å². The van der Waals surface area contributed by atoms with Crippen molar-refractivity contribution in [2.75, 3.05) is 23.9 Å². The Morgan fingerprint density at radius 3 is 2.32 bits per heavy atom. The van der Waals surface area contributed by atoms with E-state index >= 15 is 0 Å². The Morgan fingerprint density at radius 1 is 1.00 bits per heavy atom. The first-order valence-electron chi connectivity index (χ1n) is 10.1. The number of hydrogen-bond acceptors (Lipinski definition) is 4. The van der Waals surface area contributed by atoms with Gasteiger partial charge in [0.25, 0.3) is 0 Å². The molecule has 0 aliphatic carbocycles. The number of halogens is 1. The maximum absolute atomic E-state index is 12.2. The number of methoxy groups -OCH3 is 1. The molecule has 1 amide bonds. The monoisotopic (exact) mass is 434 g/mol. The van der Waals surface area contributed by atoms with E-state index in [1.807, 2.05) is 53.4 Å². The second-order valence-electron chi connectivity index (χ2n) is 7.51. The smallest absolute Gasteiger partial charge is 0.337 e. The van der Waals surface area contributed by atoms with Crippen LogP contribution in [-0.2, 0) is 9.53 Å². The summed E-state index contributed by atoms with van der Waals surface area (Å²) in [5.74, 6) is -0.331. The second-order valence-corrected chi connectivity index (χ2v) is 7.94. The second kappa shape index (κ2) is 8.82. The van der Waals surface area contributed by atoms with Gasteiger partial charge in [-0.2, -0.15) is 0 Å². The van der Waals surface area contributed by atoms with Crippen LogP contribution in [0.4, 0.5) is 11.4 Å². The lowest BCUT2D eigenvalue weighted by Crippen LogP contribution is -2.36. The van der Waals surface area contributed by atoms with E-state index in [0.29, 0.717) is 17.1 Å². The molecule has 4 rings (SSSR count). The Hall–Kier alpha value is -3.31. The molecule has 0 spiro atoms. The lowest BCUT2D eigenvalue weighted by Gasteiger charge is -2.35. The molecular weight excluding hydrogens is 412 g/mol. The molecule has 0 fully saturated rings. The van der Waals surface area contributed by atoms with Gasteiger partial charge in [0.15, 0.2) is 0 Å². The number of esters is 1. The molecule has 158 valence electrons. The summed E-state index contributed by atoms with van der Waals surface area (Å²) in [6.07, 6.45) is 0.792. The Morgan fingerprint density at radius 2 is 1.68 bits per heavy atom. The van der Waals surface area contributed by atoms with E-state index in [1.54, 1.807) is 19.1 Å². The molecule has 1 N–H and O–H groups in total. The van der Waals surface area contributed by atoms with Crippen LogP contribution in [0.1, 0.15) is 35.3 Å². The first-order valence-corrected chi connectivity index (χ1v) is 10.5. The lowest BCUT2D eigenvalue weighted by molar-refractivity contribution is -0.116. The quantitative estimate of drug-likeness (QED) is 0.535. The largest absolute Gasteiger partial charge is 0.465 e. The lowest BCUT2D eigenvalue weighted by atomic mass is 9.92. The first kappa shape index (κ1) is 20.9. The van der Waals surface area contributed by atoms with E-state index < -0.39 is 0 Å². The minimum Gasteiger partial charge on any atom is -0.465 e. The number of fused-ring (bicyclic) bond motifs is 1. The predicted octanol–water partition coefficient (Wildman–Crippen LogP) is 5.70. The number of nitrogens with one attached hydrogen (secondary N) is 1. The third kappa shape index (κ3) is 4.42. The van der Waals surface area contributed by atoms with Crippen LogP contribution < -0.4 is 10.2 Å².